The summed E-state index contributed by atoms with van der Waals surface area (Å²) in [6.45, 7) is 3.70. The molecule has 4 rings (SSSR count). The summed E-state index contributed by atoms with van der Waals surface area (Å²) in [7, 11) is 0. The van der Waals surface area contributed by atoms with E-state index in [-0.39, 0.29) is 11.7 Å². The molecule has 1 aliphatic heterocycles. The van der Waals surface area contributed by atoms with Crippen LogP contribution in [-0.4, -0.2) is 44.4 Å². The molecule has 3 aromatic rings. The Morgan fingerprint density at radius 1 is 1.07 bits per heavy atom. The van der Waals surface area contributed by atoms with Crippen molar-refractivity contribution in [3.63, 3.8) is 0 Å². The molecule has 0 aliphatic carbocycles. The number of amides is 1. The van der Waals surface area contributed by atoms with Crippen LogP contribution in [0.1, 0.15) is 18.4 Å². The molecule has 0 unspecified atom stereocenters. The summed E-state index contributed by atoms with van der Waals surface area (Å²) < 4.78 is 15.3. The largest absolute Gasteiger partial charge is 0.342 e. The van der Waals surface area contributed by atoms with Gasteiger partial charge in [-0.05, 0) is 55.7 Å². The number of para-hydroxylation sites is 1. The Hall–Kier alpha value is -2.67. The van der Waals surface area contributed by atoms with Crippen molar-refractivity contribution in [2.75, 3.05) is 18.8 Å². The van der Waals surface area contributed by atoms with Gasteiger partial charge < -0.3 is 4.90 Å². The van der Waals surface area contributed by atoms with Crippen LogP contribution in [0.4, 0.5) is 4.39 Å². The Morgan fingerprint density at radius 2 is 1.79 bits per heavy atom. The van der Waals surface area contributed by atoms with E-state index in [1.165, 1.54) is 23.9 Å². The Balaban J connectivity index is 1.69. The number of carbonyl (C=O) groups excluding carboxylic acids is 1. The van der Waals surface area contributed by atoms with Gasteiger partial charge in [-0.25, -0.2) is 4.39 Å². The van der Waals surface area contributed by atoms with E-state index in [2.05, 4.69) is 10.2 Å². The molecule has 0 radical (unpaired) electrons. The van der Waals surface area contributed by atoms with E-state index in [0.717, 1.165) is 42.7 Å². The summed E-state index contributed by atoms with van der Waals surface area (Å²) in [6, 6.07) is 14.2. The fourth-order valence-electron chi connectivity index (χ4n) is 3.36. The molecule has 2 heterocycles. The molecule has 144 valence electrons. The highest BCUT2D eigenvalue weighted by Crippen LogP contribution is 2.29. The van der Waals surface area contributed by atoms with Crippen molar-refractivity contribution in [2.24, 2.45) is 0 Å². The first-order chi connectivity index (χ1) is 13.6. The van der Waals surface area contributed by atoms with Crippen LogP contribution in [-0.2, 0) is 4.79 Å². The third kappa shape index (κ3) is 3.80. The van der Waals surface area contributed by atoms with Crippen molar-refractivity contribution in [3.8, 4) is 17.1 Å². The molecule has 1 aliphatic rings. The minimum absolute atomic E-state index is 0.130. The van der Waals surface area contributed by atoms with Gasteiger partial charge in [-0.3, -0.25) is 9.36 Å². The second-order valence-electron chi connectivity index (χ2n) is 6.81. The van der Waals surface area contributed by atoms with Gasteiger partial charge >= 0.3 is 0 Å². The maximum atomic E-state index is 13.4. The molecule has 1 amide bonds. The lowest BCUT2D eigenvalue weighted by Crippen LogP contribution is -2.29. The van der Waals surface area contributed by atoms with E-state index in [1.807, 2.05) is 40.7 Å². The van der Waals surface area contributed by atoms with Crippen LogP contribution in [0.3, 0.4) is 0 Å². The predicted molar refractivity (Wildman–Crippen MR) is 108 cm³/mol. The molecule has 7 heteroatoms. The lowest BCUT2D eigenvalue weighted by atomic mass is 10.1. The number of thioether (sulfide) groups is 1. The number of rotatable bonds is 5. The molecule has 0 atom stereocenters. The van der Waals surface area contributed by atoms with Crippen LogP contribution in [0.25, 0.3) is 17.1 Å². The van der Waals surface area contributed by atoms with Crippen LogP contribution in [0, 0.1) is 12.7 Å². The van der Waals surface area contributed by atoms with Crippen LogP contribution >= 0.6 is 11.8 Å². The summed E-state index contributed by atoms with van der Waals surface area (Å²) in [4.78, 5) is 14.4. The monoisotopic (exact) mass is 396 g/mol. The number of likely N-dealkylation sites (tertiary alicyclic amines) is 1. The van der Waals surface area contributed by atoms with Gasteiger partial charge in [0.25, 0.3) is 0 Å². The zero-order chi connectivity index (χ0) is 19.5. The van der Waals surface area contributed by atoms with E-state index in [9.17, 15) is 9.18 Å². The number of nitrogens with zero attached hydrogens (tertiary/aromatic N) is 4. The summed E-state index contributed by atoms with van der Waals surface area (Å²) in [5.74, 6) is 0.792. The first kappa shape index (κ1) is 18.7. The number of carbonyl (C=O) groups is 1. The normalized spacial score (nSPS) is 13.9. The van der Waals surface area contributed by atoms with E-state index in [1.54, 1.807) is 12.1 Å². The van der Waals surface area contributed by atoms with Crippen LogP contribution in [0.15, 0.2) is 53.7 Å². The average Bonchev–Trinajstić information content (AvgIpc) is 3.37. The van der Waals surface area contributed by atoms with E-state index in [0.29, 0.717) is 16.7 Å². The average molecular weight is 396 g/mol. The number of aromatic nitrogens is 3. The Bertz CT molecular complexity index is 980. The topological polar surface area (TPSA) is 51.0 Å². The van der Waals surface area contributed by atoms with Gasteiger partial charge in [-0.2, -0.15) is 0 Å². The molecule has 5 nitrogen and oxygen atoms in total. The van der Waals surface area contributed by atoms with Gasteiger partial charge in [0.15, 0.2) is 11.0 Å². The fraction of sp³-hybridized carbons (Fsp3) is 0.286. The summed E-state index contributed by atoms with van der Waals surface area (Å²) in [6.07, 6.45) is 2.15. The van der Waals surface area contributed by atoms with Gasteiger partial charge in [0.05, 0.1) is 11.4 Å². The SMILES string of the molecule is Cc1ccccc1-n1c(SCC(=O)N2CCCC2)nnc1-c1ccc(F)cc1. The predicted octanol–water partition coefficient (Wildman–Crippen LogP) is 4.10. The van der Waals surface area contributed by atoms with Crippen LogP contribution in [0.2, 0.25) is 0 Å². The minimum atomic E-state index is -0.295. The highest BCUT2D eigenvalue weighted by atomic mass is 32.2. The molecule has 0 N–H and O–H groups in total. The lowest BCUT2D eigenvalue weighted by Gasteiger charge is -2.15. The van der Waals surface area contributed by atoms with Gasteiger partial charge in [-0.15, -0.1) is 10.2 Å². The highest BCUT2D eigenvalue weighted by molar-refractivity contribution is 7.99. The standard InChI is InChI=1S/C21H21FN4OS/c1-15-6-2-3-7-18(15)26-20(16-8-10-17(22)11-9-16)23-24-21(26)28-14-19(27)25-12-4-5-13-25/h2-3,6-11H,4-5,12-14H2,1H3. The second kappa shape index (κ2) is 8.14. The Labute approximate surface area is 167 Å². The summed E-state index contributed by atoms with van der Waals surface area (Å²) in [5.41, 5.74) is 2.79. The first-order valence-electron chi connectivity index (χ1n) is 9.31. The van der Waals surface area contributed by atoms with E-state index in [4.69, 9.17) is 0 Å². The van der Waals surface area contributed by atoms with Crippen LogP contribution in [0.5, 0.6) is 0 Å². The zero-order valence-corrected chi connectivity index (χ0v) is 16.5. The fourth-order valence-corrected chi connectivity index (χ4v) is 4.21. The van der Waals surface area contributed by atoms with E-state index >= 15 is 0 Å². The van der Waals surface area contributed by atoms with Crippen molar-refractivity contribution >= 4 is 17.7 Å². The molecule has 28 heavy (non-hydrogen) atoms. The third-order valence-electron chi connectivity index (χ3n) is 4.88. The molecule has 2 aromatic carbocycles. The van der Waals surface area contributed by atoms with Gasteiger partial charge in [0.2, 0.25) is 5.91 Å². The quantitative estimate of drug-likeness (QED) is 0.610. The smallest absolute Gasteiger partial charge is 0.233 e. The molecular formula is C21H21FN4OS. The van der Waals surface area contributed by atoms with Gasteiger partial charge in [0, 0.05) is 18.7 Å². The highest BCUT2D eigenvalue weighted by Gasteiger charge is 2.21. The Morgan fingerprint density at radius 3 is 2.50 bits per heavy atom. The first-order valence-corrected chi connectivity index (χ1v) is 10.3. The molecular weight excluding hydrogens is 375 g/mol. The minimum Gasteiger partial charge on any atom is -0.342 e. The number of aryl methyl sites for hydroxylation is 1. The zero-order valence-electron chi connectivity index (χ0n) is 15.6. The number of halogens is 1. The molecule has 1 aromatic heterocycles. The molecule has 1 fully saturated rings. The second-order valence-corrected chi connectivity index (χ2v) is 7.75. The summed E-state index contributed by atoms with van der Waals surface area (Å²) >= 11 is 1.39. The maximum absolute atomic E-state index is 13.4. The number of hydrogen-bond donors (Lipinski definition) is 0. The molecule has 1 saturated heterocycles. The summed E-state index contributed by atoms with van der Waals surface area (Å²) in [5, 5.41) is 9.35. The van der Waals surface area contributed by atoms with E-state index < -0.39 is 0 Å². The number of hydrogen-bond acceptors (Lipinski definition) is 4. The third-order valence-corrected chi connectivity index (χ3v) is 5.79. The van der Waals surface area contributed by atoms with Crippen LogP contribution < -0.4 is 0 Å². The van der Waals surface area contributed by atoms with Crippen molar-refractivity contribution in [3.05, 3.63) is 59.9 Å². The van der Waals surface area contributed by atoms with Gasteiger partial charge in [-0.1, -0.05) is 30.0 Å². The Kier molecular flexibility index (Phi) is 5.43. The number of benzene rings is 2. The maximum Gasteiger partial charge on any atom is 0.233 e. The molecule has 0 bridgehead atoms. The lowest BCUT2D eigenvalue weighted by molar-refractivity contribution is -0.127. The van der Waals surface area contributed by atoms with Crippen molar-refractivity contribution < 1.29 is 9.18 Å². The van der Waals surface area contributed by atoms with Crippen molar-refractivity contribution in [2.45, 2.75) is 24.9 Å². The molecule has 0 spiro atoms. The molecule has 0 saturated carbocycles. The van der Waals surface area contributed by atoms with Crippen molar-refractivity contribution in [1.29, 1.82) is 0 Å². The van der Waals surface area contributed by atoms with Crippen molar-refractivity contribution in [1.82, 2.24) is 19.7 Å². The van der Waals surface area contributed by atoms with Gasteiger partial charge in [0.1, 0.15) is 5.82 Å².